The minimum Gasteiger partial charge on any atom is -0.480 e. The molecule has 1 rings (SSSR count). The van der Waals surface area contributed by atoms with Gasteiger partial charge in [-0.2, -0.15) is 0 Å². The van der Waals surface area contributed by atoms with Gasteiger partial charge >= 0.3 is 5.97 Å². The lowest BCUT2D eigenvalue weighted by molar-refractivity contribution is -0.138. The van der Waals surface area contributed by atoms with Gasteiger partial charge in [0.2, 0.25) is 0 Å². The van der Waals surface area contributed by atoms with Crippen molar-refractivity contribution in [1.29, 1.82) is 0 Å². The van der Waals surface area contributed by atoms with Gasteiger partial charge in [-0.15, -0.1) is 0 Å². The van der Waals surface area contributed by atoms with Crippen LogP contribution in [0, 0.1) is 0 Å². The van der Waals surface area contributed by atoms with Gasteiger partial charge in [0.1, 0.15) is 0 Å². The number of rotatable bonds is 4. The van der Waals surface area contributed by atoms with E-state index in [1.165, 1.54) is 0 Å². The first kappa shape index (κ1) is 11.5. The van der Waals surface area contributed by atoms with E-state index in [1.54, 1.807) is 4.90 Å². The molecule has 0 aliphatic carbocycles. The molecule has 0 radical (unpaired) electrons. The fraction of sp³-hybridized carbons (Fsp3) is 0.875. The smallest absolute Gasteiger partial charge is 0.317 e. The van der Waals surface area contributed by atoms with Crippen LogP contribution < -0.4 is 0 Å². The second-order valence-electron chi connectivity index (χ2n) is 3.51. The zero-order chi connectivity index (χ0) is 10.8. The highest BCUT2D eigenvalue weighted by Gasteiger charge is 2.32. The number of hydrogen-bond acceptors (Lipinski definition) is 4. The molecule has 0 amide bonds. The van der Waals surface area contributed by atoms with Crippen molar-refractivity contribution in [2.24, 2.45) is 0 Å². The van der Waals surface area contributed by atoms with Gasteiger partial charge in [-0.05, 0) is 13.0 Å². The summed E-state index contributed by atoms with van der Waals surface area (Å²) in [5, 5.41) is 8.61. The topological polar surface area (TPSA) is 74.7 Å². The fourth-order valence-corrected chi connectivity index (χ4v) is 3.50. The highest BCUT2D eigenvalue weighted by atomic mass is 32.2. The monoisotopic (exact) mass is 221 g/mol. The lowest BCUT2D eigenvalue weighted by atomic mass is 10.2. The zero-order valence-electron chi connectivity index (χ0n) is 8.14. The molecule has 1 saturated heterocycles. The Bertz CT molecular complexity index is 311. The Morgan fingerprint density at radius 2 is 2.21 bits per heavy atom. The SMILES string of the molecule is CCN(CC(=O)O)C1CCS(=O)(=O)C1. The summed E-state index contributed by atoms with van der Waals surface area (Å²) in [5.41, 5.74) is 0. The van der Waals surface area contributed by atoms with Gasteiger partial charge in [0.15, 0.2) is 9.84 Å². The Labute approximate surface area is 83.6 Å². The first-order valence-electron chi connectivity index (χ1n) is 4.61. The molecule has 0 spiro atoms. The molecule has 1 N–H and O–H groups in total. The van der Waals surface area contributed by atoms with E-state index in [0.29, 0.717) is 13.0 Å². The fourth-order valence-electron chi connectivity index (χ4n) is 1.74. The van der Waals surface area contributed by atoms with Crippen LogP contribution in [0.5, 0.6) is 0 Å². The van der Waals surface area contributed by atoms with Gasteiger partial charge in [-0.3, -0.25) is 9.69 Å². The first-order valence-corrected chi connectivity index (χ1v) is 6.43. The molecule has 1 heterocycles. The molecule has 14 heavy (non-hydrogen) atoms. The van der Waals surface area contributed by atoms with Crippen LogP contribution in [0.1, 0.15) is 13.3 Å². The van der Waals surface area contributed by atoms with E-state index in [4.69, 9.17) is 5.11 Å². The number of carboxylic acid groups (broad SMARTS) is 1. The summed E-state index contributed by atoms with van der Waals surface area (Å²) >= 11 is 0. The van der Waals surface area contributed by atoms with Crippen molar-refractivity contribution < 1.29 is 18.3 Å². The molecule has 0 aromatic heterocycles. The third kappa shape index (κ3) is 2.95. The number of carbonyl (C=O) groups is 1. The predicted molar refractivity (Wildman–Crippen MR) is 51.9 cm³/mol. The molecular weight excluding hydrogens is 206 g/mol. The molecule has 1 aliphatic rings. The van der Waals surface area contributed by atoms with Crippen molar-refractivity contribution in [1.82, 2.24) is 4.90 Å². The van der Waals surface area contributed by atoms with Gasteiger partial charge in [0.25, 0.3) is 0 Å². The van der Waals surface area contributed by atoms with Crippen molar-refractivity contribution in [2.45, 2.75) is 19.4 Å². The van der Waals surface area contributed by atoms with Crippen molar-refractivity contribution in [3.8, 4) is 0 Å². The summed E-state index contributed by atoms with van der Waals surface area (Å²) in [6, 6.07) is -0.110. The molecule has 1 aliphatic heterocycles. The molecule has 0 aromatic rings. The zero-order valence-corrected chi connectivity index (χ0v) is 8.96. The Hall–Kier alpha value is -0.620. The number of aliphatic carboxylic acids is 1. The first-order chi connectivity index (χ1) is 6.44. The average molecular weight is 221 g/mol. The van der Waals surface area contributed by atoms with Gasteiger partial charge in [-0.25, -0.2) is 8.42 Å². The summed E-state index contributed by atoms with van der Waals surface area (Å²) in [5.74, 6) is -0.613. The molecule has 1 unspecified atom stereocenters. The van der Waals surface area contributed by atoms with Crippen molar-refractivity contribution in [2.75, 3.05) is 24.6 Å². The third-order valence-electron chi connectivity index (χ3n) is 2.47. The van der Waals surface area contributed by atoms with Crippen LogP contribution in [0.2, 0.25) is 0 Å². The Morgan fingerprint density at radius 3 is 2.57 bits per heavy atom. The largest absolute Gasteiger partial charge is 0.480 e. The highest BCUT2D eigenvalue weighted by molar-refractivity contribution is 7.91. The molecular formula is C8H15NO4S. The van der Waals surface area contributed by atoms with Crippen LogP contribution in [0.4, 0.5) is 0 Å². The Morgan fingerprint density at radius 1 is 1.57 bits per heavy atom. The lowest BCUT2D eigenvalue weighted by Gasteiger charge is -2.24. The van der Waals surface area contributed by atoms with Gasteiger partial charge in [0.05, 0.1) is 18.1 Å². The maximum atomic E-state index is 11.2. The van der Waals surface area contributed by atoms with Crippen LogP contribution in [0.15, 0.2) is 0 Å². The molecule has 0 bridgehead atoms. The number of nitrogens with zero attached hydrogens (tertiary/aromatic N) is 1. The molecule has 1 fully saturated rings. The number of carboxylic acids is 1. The second kappa shape index (κ2) is 4.27. The summed E-state index contributed by atoms with van der Waals surface area (Å²) in [7, 11) is -2.92. The number of sulfone groups is 1. The van der Waals surface area contributed by atoms with Gasteiger partial charge < -0.3 is 5.11 Å². The van der Waals surface area contributed by atoms with E-state index in [-0.39, 0.29) is 24.1 Å². The Balaban J connectivity index is 2.59. The van der Waals surface area contributed by atoms with Crippen LogP contribution in [-0.2, 0) is 14.6 Å². The predicted octanol–water partition coefficient (Wildman–Crippen LogP) is -0.420. The van der Waals surface area contributed by atoms with E-state index >= 15 is 0 Å². The van der Waals surface area contributed by atoms with Crippen LogP contribution in [0.3, 0.4) is 0 Å². The third-order valence-corrected chi connectivity index (χ3v) is 4.22. The molecule has 0 aromatic carbocycles. The van der Waals surface area contributed by atoms with E-state index in [9.17, 15) is 13.2 Å². The maximum Gasteiger partial charge on any atom is 0.317 e. The molecule has 0 saturated carbocycles. The maximum absolute atomic E-state index is 11.2. The highest BCUT2D eigenvalue weighted by Crippen LogP contribution is 2.17. The number of likely N-dealkylation sites (N-methyl/N-ethyl adjacent to an activating group) is 1. The minimum atomic E-state index is -2.92. The Kier molecular flexibility index (Phi) is 3.49. The van der Waals surface area contributed by atoms with E-state index in [2.05, 4.69) is 0 Å². The van der Waals surface area contributed by atoms with Crippen molar-refractivity contribution in [3.05, 3.63) is 0 Å². The molecule has 5 nitrogen and oxygen atoms in total. The average Bonchev–Trinajstić information content (AvgIpc) is 2.41. The quantitative estimate of drug-likeness (QED) is 0.698. The van der Waals surface area contributed by atoms with E-state index in [1.807, 2.05) is 6.92 Å². The van der Waals surface area contributed by atoms with E-state index in [0.717, 1.165) is 0 Å². The lowest BCUT2D eigenvalue weighted by Crippen LogP contribution is -2.39. The summed E-state index contributed by atoms with van der Waals surface area (Å²) in [4.78, 5) is 12.2. The normalized spacial score (nSPS) is 25.4. The molecule has 82 valence electrons. The van der Waals surface area contributed by atoms with Crippen LogP contribution in [0.25, 0.3) is 0 Å². The second-order valence-corrected chi connectivity index (χ2v) is 5.74. The minimum absolute atomic E-state index is 0.0727. The summed E-state index contributed by atoms with van der Waals surface area (Å²) < 4.78 is 22.3. The van der Waals surface area contributed by atoms with Gasteiger partial charge in [0, 0.05) is 6.04 Å². The standard InChI is InChI=1S/C8H15NO4S/c1-2-9(5-8(10)11)7-3-4-14(12,13)6-7/h7H,2-6H2,1H3,(H,10,11). The van der Waals surface area contributed by atoms with Gasteiger partial charge in [-0.1, -0.05) is 6.92 Å². The van der Waals surface area contributed by atoms with Crippen LogP contribution >= 0.6 is 0 Å². The van der Waals surface area contributed by atoms with Crippen molar-refractivity contribution in [3.63, 3.8) is 0 Å². The van der Waals surface area contributed by atoms with Crippen LogP contribution in [-0.4, -0.2) is 55.0 Å². The number of hydrogen-bond donors (Lipinski definition) is 1. The molecule has 1 atom stereocenters. The summed E-state index contributed by atoms with van der Waals surface area (Å²) in [6.07, 6.45) is 0.559. The van der Waals surface area contributed by atoms with E-state index < -0.39 is 15.8 Å². The summed E-state index contributed by atoms with van der Waals surface area (Å²) in [6.45, 7) is 2.34. The van der Waals surface area contributed by atoms with Crippen molar-refractivity contribution >= 4 is 15.8 Å². The molecule has 6 heteroatoms.